The Balaban J connectivity index is 2.01. The van der Waals surface area contributed by atoms with Crippen molar-refractivity contribution in [2.75, 3.05) is 6.61 Å². The summed E-state index contributed by atoms with van der Waals surface area (Å²) >= 11 is 9.57. The van der Waals surface area contributed by atoms with E-state index in [1.807, 2.05) is 39.0 Å². The minimum absolute atomic E-state index is 0.357. The summed E-state index contributed by atoms with van der Waals surface area (Å²) in [6.45, 7) is 7.90. The van der Waals surface area contributed by atoms with Crippen molar-refractivity contribution in [1.29, 1.82) is 0 Å². The Kier molecular flexibility index (Phi) is 7.68. The van der Waals surface area contributed by atoms with Crippen LogP contribution in [0.5, 0.6) is 11.5 Å². The molecule has 2 aromatic carbocycles. The van der Waals surface area contributed by atoms with Gasteiger partial charge >= 0.3 is 0 Å². The SMILES string of the molecule is CCOc1ccc(Br)cc1/C=N/NC(=O)C(C)Oc1cc(C)c(Cl)c(C)c1. The molecule has 0 spiro atoms. The quantitative estimate of drug-likeness (QED) is 0.472. The van der Waals surface area contributed by atoms with Gasteiger partial charge < -0.3 is 9.47 Å². The Labute approximate surface area is 172 Å². The number of ether oxygens (including phenoxy) is 2. The standard InChI is InChI=1S/C20H22BrClN2O3/c1-5-26-18-7-6-16(21)10-15(18)11-23-24-20(25)14(4)27-17-8-12(2)19(22)13(3)9-17/h6-11,14H,5H2,1-4H3,(H,24,25)/b23-11+. The number of hydrazone groups is 1. The van der Waals surface area contributed by atoms with E-state index < -0.39 is 6.10 Å². The molecule has 1 N–H and O–H groups in total. The predicted octanol–water partition coefficient (Wildman–Crippen LogP) is 5.04. The summed E-state index contributed by atoms with van der Waals surface area (Å²) < 4.78 is 12.1. The van der Waals surface area contributed by atoms with Gasteiger partial charge in [-0.25, -0.2) is 5.43 Å². The van der Waals surface area contributed by atoms with Gasteiger partial charge in [-0.1, -0.05) is 27.5 Å². The lowest BCUT2D eigenvalue weighted by molar-refractivity contribution is -0.127. The second kappa shape index (κ2) is 9.76. The molecule has 2 aromatic rings. The minimum Gasteiger partial charge on any atom is -0.493 e. The van der Waals surface area contributed by atoms with Crippen LogP contribution < -0.4 is 14.9 Å². The summed E-state index contributed by atoms with van der Waals surface area (Å²) in [6.07, 6.45) is 0.827. The molecular weight excluding hydrogens is 432 g/mol. The van der Waals surface area contributed by atoms with E-state index in [2.05, 4.69) is 26.5 Å². The normalized spacial score (nSPS) is 12.1. The van der Waals surface area contributed by atoms with Crippen LogP contribution in [0.4, 0.5) is 0 Å². The largest absolute Gasteiger partial charge is 0.493 e. The third kappa shape index (κ3) is 5.97. The van der Waals surface area contributed by atoms with Gasteiger partial charge in [0.2, 0.25) is 0 Å². The maximum Gasteiger partial charge on any atom is 0.280 e. The molecule has 1 amide bonds. The smallest absolute Gasteiger partial charge is 0.280 e. The Morgan fingerprint density at radius 2 is 1.96 bits per heavy atom. The average Bonchev–Trinajstić information content (AvgIpc) is 2.61. The summed E-state index contributed by atoms with van der Waals surface area (Å²) in [5, 5.41) is 4.71. The molecule has 27 heavy (non-hydrogen) atoms. The van der Waals surface area contributed by atoms with Crippen LogP contribution in [0.15, 0.2) is 39.9 Å². The van der Waals surface area contributed by atoms with Crippen LogP contribution in [-0.2, 0) is 4.79 Å². The van der Waals surface area contributed by atoms with Crippen LogP contribution in [0.1, 0.15) is 30.5 Å². The van der Waals surface area contributed by atoms with Gasteiger partial charge in [0.25, 0.3) is 5.91 Å². The number of hydrogen-bond acceptors (Lipinski definition) is 4. The second-order valence-corrected chi connectivity index (χ2v) is 7.27. The van der Waals surface area contributed by atoms with Crippen molar-refractivity contribution in [3.8, 4) is 11.5 Å². The van der Waals surface area contributed by atoms with E-state index >= 15 is 0 Å². The van der Waals surface area contributed by atoms with Gasteiger partial charge in [-0.15, -0.1) is 0 Å². The molecule has 0 saturated carbocycles. The van der Waals surface area contributed by atoms with Crippen LogP contribution in [0, 0.1) is 13.8 Å². The molecule has 2 rings (SSSR count). The molecule has 0 heterocycles. The zero-order valence-electron chi connectivity index (χ0n) is 15.7. The van der Waals surface area contributed by atoms with Crippen LogP contribution in [0.3, 0.4) is 0 Å². The molecule has 0 radical (unpaired) electrons. The van der Waals surface area contributed by atoms with E-state index in [4.69, 9.17) is 21.1 Å². The first-order valence-electron chi connectivity index (χ1n) is 8.50. The first-order valence-corrected chi connectivity index (χ1v) is 9.67. The van der Waals surface area contributed by atoms with Gasteiger partial charge in [-0.2, -0.15) is 5.10 Å². The van der Waals surface area contributed by atoms with Crippen molar-refractivity contribution in [3.63, 3.8) is 0 Å². The van der Waals surface area contributed by atoms with E-state index in [9.17, 15) is 4.79 Å². The summed E-state index contributed by atoms with van der Waals surface area (Å²) in [4.78, 5) is 12.2. The van der Waals surface area contributed by atoms with Gasteiger partial charge in [0.05, 0.1) is 12.8 Å². The lowest BCUT2D eigenvalue weighted by Gasteiger charge is -2.15. The summed E-state index contributed by atoms with van der Waals surface area (Å²) in [6, 6.07) is 9.19. The summed E-state index contributed by atoms with van der Waals surface area (Å²) in [5.74, 6) is 0.922. The summed E-state index contributed by atoms with van der Waals surface area (Å²) in [7, 11) is 0. The van der Waals surface area contributed by atoms with Crippen molar-refractivity contribution < 1.29 is 14.3 Å². The molecule has 0 saturated heterocycles. The van der Waals surface area contributed by atoms with Crippen molar-refractivity contribution in [1.82, 2.24) is 5.43 Å². The number of nitrogens with one attached hydrogen (secondary N) is 1. The highest BCUT2D eigenvalue weighted by atomic mass is 79.9. The topological polar surface area (TPSA) is 59.9 Å². The third-order valence-corrected chi connectivity index (χ3v) is 4.83. The fraction of sp³-hybridized carbons (Fsp3) is 0.300. The Bertz CT molecular complexity index is 832. The third-order valence-electron chi connectivity index (χ3n) is 3.74. The molecule has 0 aliphatic heterocycles. The van der Waals surface area contributed by atoms with Crippen molar-refractivity contribution in [2.24, 2.45) is 5.10 Å². The second-order valence-electron chi connectivity index (χ2n) is 5.98. The van der Waals surface area contributed by atoms with Gasteiger partial charge in [-0.3, -0.25) is 4.79 Å². The number of amides is 1. The molecule has 144 valence electrons. The molecule has 0 bridgehead atoms. The molecule has 0 aromatic heterocycles. The highest BCUT2D eigenvalue weighted by Gasteiger charge is 2.15. The van der Waals surface area contributed by atoms with Gasteiger partial charge in [0.15, 0.2) is 6.10 Å². The van der Waals surface area contributed by atoms with Crippen molar-refractivity contribution >= 4 is 39.7 Å². The number of benzene rings is 2. The number of aryl methyl sites for hydroxylation is 2. The molecule has 0 aliphatic carbocycles. The molecule has 0 aliphatic rings. The Morgan fingerprint density at radius 3 is 2.59 bits per heavy atom. The highest BCUT2D eigenvalue weighted by Crippen LogP contribution is 2.26. The van der Waals surface area contributed by atoms with Crippen LogP contribution in [0.25, 0.3) is 0 Å². The zero-order valence-corrected chi connectivity index (χ0v) is 18.0. The molecule has 1 atom stereocenters. The maximum absolute atomic E-state index is 12.2. The van der Waals surface area contributed by atoms with E-state index in [0.29, 0.717) is 23.1 Å². The maximum atomic E-state index is 12.2. The molecule has 0 fully saturated rings. The predicted molar refractivity (Wildman–Crippen MR) is 112 cm³/mol. The van der Waals surface area contributed by atoms with Gasteiger partial charge in [-0.05, 0) is 69.2 Å². The first kappa shape index (κ1) is 21.3. The number of rotatable bonds is 7. The number of hydrogen-bond donors (Lipinski definition) is 1. The van der Waals surface area contributed by atoms with Crippen LogP contribution in [0.2, 0.25) is 5.02 Å². The van der Waals surface area contributed by atoms with E-state index in [0.717, 1.165) is 21.2 Å². The molecule has 5 nitrogen and oxygen atoms in total. The fourth-order valence-corrected chi connectivity index (χ4v) is 2.88. The summed E-state index contributed by atoms with van der Waals surface area (Å²) in [5.41, 5.74) is 5.04. The molecule has 1 unspecified atom stereocenters. The van der Waals surface area contributed by atoms with Crippen molar-refractivity contribution in [2.45, 2.75) is 33.8 Å². The Morgan fingerprint density at radius 1 is 1.30 bits per heavy atom. The highest BCUT2D eigenvalue weighted by molar-refractivity contribution is 9.10. The van der Waals surface area contributed by atoms with Gasteiger partial charge in [0.1, 0.15) is 11.5 Å². The molecule has 7 heteroatoms. The number of halogens is 2. The van der Waals surface area contributed by atoms with Crippen LogP contribution in [-0.4, -0.2) is 24.8 Å². The van der Waals surface area contributed by atoms with E-state index in [1.165, 1.54) is 6.21 Å². The zero-order chi connectivity index (χ0) is 20.0. The number of carbonyl (C=O) groups excluding carboxylic acids is 1. The first-order chi connectivity index (χ1) is 12.8. The van der Waals surface area contributed by atoms with E-state index in [-0.39, 0.29) is 5.91 Å². The monoisotopic (exact) mass is 452 g/mol. The number of carbonyl (C=O) groups is 1. The Hall–Kier alpha value is -2.05. The molecular formula is C20H22BrClN2O3. The lowest BCUT2D eigenvalue weighted by Crippen LogP contribution is -2.33. The average molecular weight is 454 g/mol. The van der Waals surface area contributed by atoms with Crippen LogP contribution >= 0.6 is 27.5 Å². The lowest BCUT2D eigenvalue weighted by atomic mass is 10.1. The van der Waals surface area contributed by atoms with E-state index in [1.54, 1.807) is 19.1 Å². The number of nitrogens with zero attached hydrogens (tertiary/aromatic N) is 1. The minimum atomic E-state index is -0.712. The van der Waals surface area contributed by atoms with Crippen molar-refractivity contribution in [3.05, 3.63) is 56.5 Å². The van der Waals surface area contributed by atoms with Gasteiger partial charge in [0, 0.05) is 15.1 Å². The fourth-order valence-electron chi connectivity index (χ4n) is 2.40.